The van der Waals surface area contributed by atoms with Crippen LogP contribution in [-0.2, 0) is 18.2 Å². The van der Waals surface area contributed by atoms with Crippen molar-refractivity contribution in [1.82, 2.24) is 19.3 Å². The van der Waals surface area contributed by atoms with Crippen LogP contribution >= 0.6 is 11.6 Å². The van der Waals surface area contributed by atoms with E-state index in [2.05, 4.69) is 10.1 Å². The van der Waals surface area contributed by atoms with Gasteiger partial charge in [0.25, 0.3) is 11.4 Å². The van der Waals surface area contributed by atoms with E-state index in [-0.39, 0.29) is 24.7 Å². The van der Waals surface area contributed by atoms with Crippen molar-refractivity contribution in [2.24, 2.45) is 7.05 Å². The Kier molecular flexibility index (Phi) is 6.31. The first kappa shape index (κ1) is 21.0. The van der Waals surface area contributed by atoms with Crippen molar-refractivity contribution in [2.45, 2.75) is 25.5 Å². The molecule has 2 heterocycles. The van der Waals surface area contributed by atoms with Crippen LogP contribution in [0.1, 0.15) is 35.1 Å². The van der Waals surface area contributed by atoms with Crippen LogP contribution in [0.3, 0.4) is 0 Å². The predicted molar refractivity (Wildman–Crippen MR) is 105 cm³/mol. The summed E-state index contributed by atoms with van der Waals surface area (Å²) >= 11 is 5.86. The summed E-state index contributed by atoms with van der Waals surface area (Å²) < 4.78 is 12.8. The minimum atomic E-state index is -0.888. The fourth-order valence-corrected chi connectivity index (χ4v) is 3.04. The van der Waals surface area contributed by atoms with Crippen molar-refractivity contribution in [1.29, 1.82) is 0 Å². The smallest absolute Gasteiger partial charge is 0.331 e. The van der Waals surface area contributed by atoms with Crippen molar-refractivity contribution in [3.8, 4) is 0 Å². The number of nitrogens with zero attached hydrogens (tertiary/aromatic N) is 4. The Labute approximate surface area is 171 Å². The summed E-state index contributed by atoms with van der Waals surface area (Å²) in [5, 5.41) is 14.8. The van der Waals surface area contributed by atoms with E-state index < -0.39 is 23.4 Å². The van der Waals surface area contributed by atoms with Gasteiger partial charge in [0.05, 0.1) is 12.7 Å². The number of methoxy groups -OCH3 is 1. The molecule has 3 rings (SSSR count). The van der Waals surface area contributed by atoms with Crippen LogP contribution in [0.5, 0.6) is 0 Å². The van der Waals surface area contributed by atoms with E-state index in [0.29, 0.717) is 16.3 Å². The Morgan fingerprint density at radius 3 is 2.62 bits per heavy atom. The second-order valence-corrected chi connectivity index (χ2v) is 7.06. The molecule has 0 aliphatic rings. The van der Waals surface area contributed by atoms with Gasteiger partial charge in [0, 0.05) is 37.4 Å². The van der Waals surface area contributed by atoms with E-state index in [1.54, 1.807) is 38.2 Å². The van der Waals surface area contributed by atoms with Gasteiger partial charge in [-0.15, -0.1) is 0 Å². The minimum absolute atomic E-state index is 0.0143. The molecule has 0 aliphatic carbocycles. The van der Waals surface area contributed by atoms with Gasteiger partial charge in [-0.1, -0.05) is 28.9 Å². The van der Waals surface area contributed by atoms with E-state index in [0.717, 1.165) is 4.57 Å². The van der Waals surface area contributed by atoms with Gasteiger partial charge in [0.15, 0.2) is 5.82 Å². The number of halogens is 1. The highest BCUT2D eigenvalue weighted by molar-refractivity contribution is 6.30. The second kappa shape index (κ2) is 8.73. The van der Waals surface area contributed by atoms with Crippen LogP contribution in [0, 0.1) is 6.92 Å². The molecule has 3 aromatic rings. The number of aryl methyl sites for hydroxylation is 1. The summed E-state index contributed by atoms with van der Waals surface area (Å²) in [5.41, 5.74) is 0.175. The topological polar surface area (TPSA) is 112 Å². The van der Waals surface area contributed by atoms with Gasteiger partial charge in [0.1, 0.15) is 6.04 Å². The zero-order valence-corrected chi connectivity index (χ0v) is 17.0. The van der Waals surface area contributed by atoms with Crippen molar-refractivity contribution in [3.05, 3.63) is 79.2 Å². The van der Waals surface area contributed by atoms with Crippen LogP contribution in [-0.4, -0.2) is 38.1 Å². The van der Waals surface area contributed by atoms with E-state index >= 15 is 0 Å². The van der Waals surface area contributed by atoms with E-state index in [1.165, 1.54) is 17.7 Å². The summed E-state index contributed by atoms with van der Waals surface area (Å²) in [6.07, 6.45) is -0.778. The summed E-state index contributed by atoms with van der Waals surface area (Å²) in [7, 11) is 3.01. The Hall–Kier alpha value is -2.75. The van der Waals surface area contributed by atoms with Gasteiger partial charge < -0.3 is 18.9 Å². The fraction of sp³-hybridized carbons (Fsp3) is 0.368. The molecule has 0 radical (unpaired) electrons. The van der Waals surface area contributed by atoms with Crippen molar-refractivity contribution >= 4 is 11.6 Å². The number of aliphatic hydroxyl groups excluding tert-OH is 1. The number of aromatic nitrogens is 4. The standard InChI is InChI=1S/C19H21ClN4O5/c1-11-8-17(26)24(19(27)23(11)2)14(10-28-3)18-21-16(22-29-18)9-15(25)12-4-6-13(20)7-5-12/h4-8,14-15,25H,9-10H2,1-3H3/t14?,15-/m0/s1. The van der Waals surface area contributed by atoms with Gasteiger partial charge in [0.2, 0.25) is 0 Å². The van der Waals surface area contributed by atoms with E-state index in [9.17, 15) is 14.7 Å². The van der Waals surface area contributed by atoms with Gasteiger partial charge in [-0.3, -0.25) is 4.79 Å². The lowest BCUT2D eigenvalue weighted by Gasteiger charge is -2.16. The fourth-order valence-electron chi connectivity index (χ4n) is 2.91. The highest BCUT2D eigenvalue weighted by atomic mass is 35.5. The Balaban J connectivity index is 1.90. The minimum Gasteiger partial charge on any atom is -0.388 e. The molecule has 0 bridgehead atoms. The summed E-state index contributed by atoms with van der Waals surface area (Å²) in [6.45, 7) is 1.65. The largest absolute Gasteiger partial charge is 0.388 e. The zero-order chi connectivity index (χ0) is 21.1. The number of hydrogen-bond acceptors (Lipinski definition) is 7. The molecule has 0 spiro atoms. The van der Waals surface area contributed by atoms with Gasteiger partial charge in [-0.25, -0.2) is 9.36 Å². The molecule has 0 amide bonds. The SMILES string of the molecule is COCC(c1nc(C[C@H](O)c2ccc(Cl)cc2)no1)n1c(=O)cc(C)n(C)c1=O. The monoisotopic (exact) mass is 420 g/mol. The average molecular weight is 421 g/mol. The molecule has 1 aromatic carbocycles. The highest BCUT2D eigenvalue weighted by Crippen LogP contribution is 2.21. The molecule has 9 nitrogen and oxygen atoms in total. The lowest BCUT2D eigenvalue weighted by atomic mass is 10.1. The first-order valence-electron chi connectivity index (χ1n) is 8.86. The zero-order valence-electron chi connectivity index (χ0n) is 16.2. The summed E-state index contributed by atoms with van der Waals surface area (Å²) in [4.78, 5) is 29.4. The Morgan fingerprint density at radius 2 is 1.97 bits per heavy atom. The number of rotatable bonds is 7. The third-order valence-corrected chi connectivity index (χ3v) is 4.88. The molecule has 2 atom stereocenters. The lowest BCUT2D eigenvalue weighted by molar-refractivity contribution is 0.148. The molecule has 29 heavy (non-hydrogen) atoms. The first-order chi connectivity index (χ1) is 13.8. The average Bonchev–Trinajstić information content (AvgIpc) is 3.14. The molecule has 1 unspecified atom stereocenters. The molecule has 0 saturated heterocycles. The lowest BCUT2D eigenvalue weighted by Crippen LogP contribution is -2.43. The van der Waals surface area contributed by atoms with Crippen LogP contribution in [0.15, 0.2) is 44.4 Å². The molecular formula is C19H21ClN4O5. The molecule has 2 aromatic heterocycles. The molecule has 0 saturated carbocycles. The van der Waals surface area contributed by atoms with Gasteiger partial charge >= 0.3 is 5.69 Å². The van der Waals surface area contributed by atoms with E-state index in [1.807, 2.05) is 0 Å². The number of ether oxygens (including phenoxy) is 1. The second-order valence-electron chi connectivity index (χ2n) is 6.63. The molecule has 0 aliphatic heterocycles. The summed E-state index contributed by atoms with van der Waals surface area (Å²) in [5.74, 6) is 0.286. The normalized spacial score (nSPS) is 13.4. The van der Waals surface area contributed by atoms with E-state index in [4.69, 9.17) is 20.9 Å². The van der Waals surface area contributed by atoms with Crippen LogP contribution < -0.4 is 11.2 Å². The highest BCUT2D eigenvalue weighted by Gasteiger charge is 2.26. The Bertz CT molecular complexity index is 1100. The number of hydrogen-bond donors (Lipinski definition) is 1. The molecular weight excluding hydrogens is 400 g/mol. The quantitative estimate of drug-likeness (QED) is 0.614. The Morgan fingerprint density at radius 1 is 1.28 bits per heavy atom. The predicted octanol–water partition coefficient (Wildman–Crippen LogP) is 1.40. The maximum Gasteiger partial charge on any atom is 0.331 e. The number of benzene rings is 1. The van der Waals surface area contributed by atoms with Crippen molar-refractivity contribution in [2.75, 3.05) is 13.7 Å². The first-order valence-corrected chi connectivity index (χ1v) is 9.23. The molecule has 10 heteroatoms. The van der Waals surface area contributed by atoms with Crippen LogP contribution in [0.2, 0.25) is 5.02 Å². The van der Waals surface area contributed by atoms with Gasteiger partial charge in [-0.05, 0) is 24.6 Å². The maximum atomic E-state index is 12.6. The van der Waals surface area contributed by atoms with Gasteiger partial charge in [-0.2, -0.15) is 4.98 Å². The molecule has 154 valence electrons. The molecule has 0 fully saturated rings. The summed E-state index contributed by atoms with van der Waals surface area (Å²) in [6, 6.07) is 7.23. The van der Waals surface area contributed by atoms with Crippen LogP contribution in [0.25, 0.3) is 0 Å². The van der Waals surface area contributed by atoms with Crippen molar-refractivity contribution < 1.29 is 14.4 Å². The third-order valence-electron chi connectivity index (χ3n) is 4.63. The van der Waals surface area contributed by atoms with Crippen molar-refractivity contribution in [3.63, 3.8) is 0 Å². The van der Waals surface area contributed by atoms with Crippen LogP contribution in [0.4, 0.5) is 0 Å². The molecule has 1 N–H and O–H groups in total. The third kappa shape index (κ3) is 4.47. The maximum absolute atomic E-state index is 12.6. The number of aliphatic hydroxyl groups is 1.